The summed E-state index contributed by atoms with van der Waals surface area (Å²) >= 11 is 0. The Kier molecular flexibility index (Phi) is 6.84. The Morgan fingerprint density at radius 1 is 1.22 bits per heavy atom. The second kappa shape index (κ2) is 9.12. The minimum absolute atomic E-state index is 0.0364. The Bertz CT molecular complexity index is 541. The number of carbonyl (C=O) groups is 1. The molecule has 0 atom stereocenters. The maximum atomic E-state index is 13.6. The van der Waals surface area contributed by atoms with Crippen molar-refractivity contribution in [2.45, 2.75) is 44.7 Å². The second-order valence-corrected chi connectivity index (χ2v) is 5.77. The highest BCUT2D eigenvalue weighted by Crippen LogP contribution is 2.17. The number of nitrogens with one attached hydrogen (secondary N) is 3. The van der Waals surface area contributed by atoms with E-state index in [0.29, 0.717) is 24.1 Å². The first-order valence-electron chi connectivity index (χ1n) is 8.16. The van der Waals surface area contributed by atoms with Crippen molar-refractivity contribution in [2.24, 2.45) is 4.99 Å². The Morgan fingerprint density at radius 2 is 1.96 bits per heavy atom. The summed E-state index contributed by atoms with van der Waals surface area (Å²) in [5, 5.41) is 8.99. The maximum Gasteiger partial charge on any atom is 0.239 e. The van der Waals surface area contributed by atoms with Crippen molar-refractivity contribution in [3.05, 3.63) is 35.6 Å². The number of benzene rings is 1. The normalized spacial score (nSPS) is 16.0. The van der Waals surface area contributed by atoms with Gasteiger partial charge in [0, 0.05) is 25.2 Å². The van der Waals surface area contributed by atoms with E-state index in [1.54, 1.807) is 25.2 Å². The Morgan fingerprint density at radius 3 is 2.65 bits per heavy atom. The minimum atomic E-state index is -0.259. The summed E-state index contributed by atoms with van der Waals surface area (Å²) < 4.78 is 13.6. The van der Waals surface area contributed by atoms with E-state index in [1.165, 1.54) is 25.3 Å². The molecule has 0 aliphatic heterocycles. The molecule has 5 nitrogen and oxygen atoms in total. The molecule has 1 saturated carbocycles. The first-order valence-corrected chi connectivity index (χ1v) is 8.16. The lowest BCUT2D eigenvalue weighted by molar-refractivity contribution is -0.120. The average Bonchev–Trinajstić information content (AvgIpc) is 2.57. The number of rotatable bonds is 5. The van der Waals surface area contributed by atoms with Crippen LogP contribution in [0.4, 0.5) is 4.39 Å². The number of halogens is 1. The number of aliphatic imine (C=N–C) groups is 1. The predicted octanol–water partition coefficient (Wildman–Crippen LogP) is 1.94. The number of hydrogen-bond donors (Lipinski definition) is 3. The van der Waals surface area contributed by atoms with E-state index in [4.69, 9.17) is 0 Å². The highest BCUT2D eigenvalue weighted by molar-refractivity contribution is 5.86. The Labute approximate surface area is 136 Å². The van der Waals surface area contributed by atoms with Crippen LogP contribution in [0.2, 0.25) is 0 Å². The van der Waals surface area contributed by atoms with E-state index >= 15 is 0 Å². The van der Waals surface area contributed by atoms with Crippen molar-refractivity contribution >= 4 is 11.9 Å². The molecule has 126 valence electrons. The van der Waals surface area contributed by atoms with Crippen LogP contribution in [0, 0.1) is 5.82 Å². The van der Waals surface area contributed by atoms with Gasteiger partial charge in [0.2, 0.25) is 5.91 Å². The zero-order chi connectivity index (χ0) is 16.5. The van der Waals surface area contributed by atoms with Gasteiger partial charge in [0.05, 0.1) is 6.54 Å². The number of carbonyl (C=O) groups excluding carboxylic acids is 1. The van der Waals surface area contributed by atoms with Crippen LogP contribution in [-0.2, 0) is 11.3 Å². The molecule has 2 rings (SSSR count). The van der Waals surface area contributed by atoms with Gasteiger partial charge >= 0.3 is 0 Å². The highest BCUT2D eigenvalue weighted by Gasteiger charge is 2.15. The zero-order valence-electron chi connectivity index (χ0n) is 13.6. The second-order valence-electron chi connectivity index (χ2n) is 5.77. The number of nitrogens with zero attached hydrogens (tertiary/aromatic N) is 1. The smallest absolute Gasteiger partial charge is 0.239 e. The van der Waals surface area contributed by atoms with Gasteiger partial charge in [0.1, 0.15) is 5.82 Å². The molecule has 23 heavy (non-hydrogen) atoms. The van der Waals surface area contributed by atoms with E-state index in [-0.39, 0.29) is 18.3 Å². The topological polar surface area (TPSA) is 65.5 Å². The van der Waals surface area contributed by atoms with Gasteiger partial charge in [-0.2, -0.15) is 0 Å². The molecule has 1 aromatic rings. The standard InChI is InChI=1S/C17H25FN4O/c1-19-17(20-11-13-7-5-6-10-15(13)18)21-12-16(23)22-14-8-3-2-4-9-14/h5-7,10,14H,2-4,8-9,11-12H2,1H3,(H,22,23)(H2,19,20,21). The Balaban J connectivity index is 1.72. The number of guanidine groups is 1. The molecule has 1 fully saturated rings. The molecule has 0 radical (unpaired) electrons. The van der Waals surface area contributed by atoms with Gasteiger partial charge in [-0.3, -0.25) is 9.79 Å². The molecule has 1 amide bonds. The molecule has 1 aliphatic rings. The third kappa shape index (κ3) is 5.88. The Hall–Kier alpha value is -2.11. The molecule has 0 heterocycles. The van der Waals surface area contributed by atoms with E-state index in [1.807, 2.05) is 0 Å². The molecule has 1 aliphatic carbocycles. The molecule has 0 aromatic heterocycles. The van der Waals surface area contributed by atoms with Gasteiger partial charge in [-0.1, -0.05) is 37.5 Å². The van der Waals surface area contributed by atoms with E-state index in [9.17, 15) is 9.18 Å². The third-order valence-electron chi connectivity index (χ3n) is 4.01. The summed E-state index contributed by atoms with van der Waals surface area (Å²) in [6.07, 6.45) is 5.75. The highest BCUT2D eigenvalue weighted by atomic mass is 19.1. The SMILES string of the molecule is CN=C(NCC(=O)NC1CCCCC1)NCc1ccccc1F. The van der Waals surface area contributed by atoms with Gasteiger partial charge in [0.15, 0.2) is 5.96 Å². The summed E-state index contributed by atoms with van der Waals surface area (Å²) in [6.45, 7) is 0.476. The van der Waals surface area contributed by atoms with E-state index in [2.05, 4.69) is 20.9 Å². The van der Waals surface area contributed by atoms with Crippen LogP contribution >= 0.6 is 0 Å². The van der Waals surface area contributed by atoms with Crippen molar-refractivity contribution < 1.29 is 9.18 Å². The van der Waals surface area contributed by atoms with Crippen LogP contribution in [0.5, 0.6) is 0 Å². The van der Waals surface area contributed by atoms with Gasteiger partial charge < -0.3 is 16.0 Å². The molecule has 0 bridgehead atoms. The average molecular weight is 320 g/mol. The first kappa shape index (κ1) is 17.2. The first-order chi connectivity index (χ1) is 11.2. The molecule has 0 saturated heterocycles. The van der Waals surface area contributed by atoms with Crippen molar-refractivity contribution in [2.75, 3.05) is 13.6 Å². The van der Waals surface area contributed by atoms with Gasteiger partial charge in [-0.15, -0.1) is 0 Å². The largest absolute Gasteiger partial charge is 0.352 e. The summed E-state index contributed by atoms with van der Waals surface area (Å²) in [7, 11) is 1.62. The fraction of sp³-hybridized carbons (Fsp3) is 0.529. The lowest BCUT2D eigenvalue weighted by Gasteiger charge is -2.23. The summed E-state index contributed by atoms with van der Waals surface area (Å²) in [4.78, 5) is 16.0. The van der Waals surface area contributed by atoms with Crippen molar-refractivity contribution in [1.82, 2.24) is 16.0 Å². The quantitative estimate of drug-likeness (QED) is 0.574. The van der Waals surface area contributed by atoms with Crippen LogP contribution in [-0.4, -0.2) is 31.5 Å². The molecular weight excluding hydrogens is 295 g/mol. The fourth-order valence-corrected chi connectivity index (χ4v) is 2.73. The summed E-state index contributed by atoms with van der Waals surface area (Å²) in [5.74, 6) is 0.184. The lowest BCUT2D eigenvalue weighted by atomic mass is 9.95. The van der Waals surface area contributed by atoms with Crippen molar-refractivity contribution in [3.8, 4) is 0 Å². The minimum Gasteiger partial charge on any atom is -0.352 e. The van der Waals surface area contributed by atoms with Crippen molar-refractivity contribution in [3.63, 3.8) is 0 Å². The maximum absolute atomic E-state index is 13.6. The summed E-state index contributed by atoms with van der Waals surface area (Å²) in [6, 6.07) is 6.87. The fourth-order valence-electron chi connectivity index (χ4n) is 2.73. The third-order valence-corrected chi connectivity index (χ3v) is 4.01. The summed E-state index contributed by atoms with van der Waals surface area (Å²) in [5.41, 5.74) is 0.558. The van der Waals surface area contributed by atoms with Gasteiger partial charge in [-0.05, 0) is 18.9 Å². The molecule has 3 N–H and O–H groups in total. The molecular formula is C17H25FN4O. The molecule has 0 spiro atoms. The van der Waals surface area contributed by atoms with Crippen LogP contribution in [0.15, 0.2) is 29.3 Å². The number of amides is 1. The number of hydrogen-bond acceptors (Lipinski definition) is 2. The zero-order valence-corrected chi connectivity index (χ0v) is 13.6. The monoisotopic (exact) mass is 320 g/mol. The van der Waals surface area contributed by atoms with Gasteiger partial charge in [-0.25, -0.2) is 4.39 Å². The van der Waals surface area contributed by atoms with E-state index in [0.717, 1.165) is 12.8 Å². The van der Waals surface area contributed by atoms with Gasteiger partial charge in [0.25, 0.3) is 0 Å². The molecule has 0 unspecified atom stereocenters. The predicted molar refractivity (Wildman–Crippen MR) is 89.6 cm³/mol. The molecule has 1 aromatic carbocycles. The van der Waals surface area contributed by atoms with Crippen LogP contribution < -0.4 is 16.0 Å². The van der Waals surface area contributed by atoms with Crippen molar-refractivity contribution in [1.29, 1.82) is 0 Å². The molecule has 6 heteroatoms. The lowest BCUT2D eigenvalue weighted by Crippen LogP contribution is -2.45. The van der Waals surface area contributed by atoms with E-state index < -0.39 is 0 Å². The van der Waals surface area contributed by atoms with Crippen LogP contribution in [0.25, 0.3) is 0 Å². The van der Waals surface area contributed by atoms with Crippen LogP contribution in [0.3, 0.4) is 0 Å². The van der Waals surface area contributed by atoms with Crippen LogP contribution in [0.1, 0.15) is 37.7 Å².